The van der Waals surface area contributed by atoms with Crippen LogP contribution in [0, 0.1) is 0 Å². The van der Waals surface area contributed by atoms with Gasteiger partial charge in [-0.25, -0.2) is 0 Å². The summed E-state index contributed by atoms with van der Waals surface area (Å²) in [6.07, 6.45) is 1.56. The topological polar surface area (TPSA) is 35.2 Å². The second-order valence-electron chi connectivity index (χ2n) is 4.71. The first kappa shape index (κ1) is 14.5. The molecule has 20 heavy (non-hydrogen) atoms. The van der Waals surface area contributed by atoms with Gasteiger partial charge >= 0.3 is 0 Å². The lowest BCUT2D eigenvalue weighted by molar-refractivity contribution is 0.205. The highest BCUT2D eigenvalue weighted by atomic mass is 32.1. The summed E-state index contributed by atoms with van der Waals surface area (Å²) in [5.41, 5.74) is 7.96. The highest BCUT2D eigenvalue weighted by Crippen LogP contribution is 2.23. The SMILES string of the molecule is CCC(CC(N)=S)Oc1ccc(-c2ccccc2)cc1. The fourth-order valence-corrected chi connectivity index (χ4v) is 2.23. The van der Waals surface area contributed by atoms with Crippen LogP contribution in [-0.4, -0.2) is 11.1 Å². The van der Waals surface area contributed by atoms with E-state index in [0.29, 0.717) is 11.4 Å². The van der Waals surface area contributed by atoms with Gasteiger partial charge in [-0.1, -0.05) is 61.6 Å². The lowest BCUT2D eigenvalue weighted by Crippen LogP contribution is -2.23. The Kier molecular flexibility index (Phi) is 5.13. The van der Waals surface area contributed by atoms with Crippen LogP contribution in [0.2, 0.25) is 0 Å². The summed E-state index contributed by atoms with van der Waals surface area (Å²) in [4.78, 5) is 0.498. The van der Waals surface area contributed by atoms with E-state index in [-0.39, 0.29) is 6.10 Å². The van der Waals surface area contributed by atoms with E-state index >= 15 is 0 Å². The van der Waals surface area contributed by atoms with Crippen LogP contribution < -0.4 is 10.5 Å². The molecular formula is C17H19NOS. The average Bonchev–Trinajstić information content (AvgIpc) is 2.48. The van der Waals surface area contributed by atoms with E-state index in [1.165, 1.54) is 11.1 Å². The largest absolute Gasteiger partial charge is 0.490 e. The molecule has 3 heteroatoms. The molecule has 0 heterocycles. The molecule has 0 saturated carbocycles. The van der Waals surface area contributed by atoms with Crippen LogP contribution in [0.15, 0.2) is 54.6 Å². The highest BCUT2D eigenvalue weighted by Gasteiger charge is 2.09. The molecule has 0 saturated heterocycles. The molecule has 104 valence electrons. The molecule has 0 amide bonds. The Hall–Kier alpha value is -1.87. The minimum absolute atomic E-state index is 0.0510. The van der Waals surface area contributed by atoms with Crippen LogP contribution in [0.3, 0.4) is 0 Å². The summed E-state index contributed by atoms with van der Waals surface area (Å²) < 4.78 is 5.90. The van der Waals surface area contributed by atoms with E-state index in [0.717, 1.165) is 12.2 Å². The molecule has 0 aromatic heterocycles. The van der Waals surface area contributed by atoms with Gasteiger partial charge in [-0.3, -0.25) is 0 Å². The molecule has 1 unspecified atom stereocenters. The number of benzene rings is 2. The van der Waals surface area contributed by atoms with E-state index in [1.54, 1.807) is 0 Å². The van der Waals surface area contributed by atoms with Crippen LogP contribution in [-0.2, 0) is 0 Å². The summed E-state index contributed by atoms with van der Waals surface area (Å²) in [6, 6.07) is 18.4. The number of hydrogen-bond acceptors (Lipinski definition) is 2. The lowest BCUT2D eigenvalue weighted by atomic mass is 10.1. The maximum Gasteiger partial charge on any atom is 0.119 e. The molecule has 2 rings (SSSR count). The van der Waals surface area contributed by atoms with Gasteiger partial charge in [0.15, 0.2) is 0 Å². The van der Waals surface area contributed by atoms with Crippen LogP contribution in [0.4, 0.5) is 0 Å². The second-order valence-corrected chi connectivity index (χ2v) is 5.23. The number of rotatable bonds is 6. The van der Waals surface area contributed by atoms with Crippen molar-refractivity contribution in [2.24, 2.45) is 5.73 Å². The van der Waals surface area contributed by atoms with Crippen molar-refractivity contribution in [1.82, 2.24) is 0 Å². The molecule has 2 nitrogen and oxygen atoms in total. The molecule has 0 aliphatic rings. The molecule has 0 radical (unpaired) electrons. The zero-order valence-electron chi connectivity index (χ0n) is 11.6. The number of ether oxygens (including phenoxy) is 1. The molecule has 2 aromatic carbocycles. The molecule has 0 aliphatic carbocycles. The first-order valence-electron chi connectivity index (χ1n) is 6.79. The summed E-state index contributed by atoms with van der Waals surface area (Å²) in [6.45, 7) is 2.07. The molecule has 2 aromatic rings. The minimum atomic E-state index is 0.0510. The van der Waals surface area contributed by atoms with Gasteiger partial charge in [0.25, 0.3) is 0 Å². The van der Waals surface area contributed by atoms with Gasteiger partial charge in [-0.15, -0.1) is 0 Å². The normalized spacial score (nSPS) is 11.8. The Morgan fingerprint density at radius 1 is 1.05 bits per heavy atom. The van der Waals surface area contributed by atoms with Crippen LogP contribution in [0.5, 0.6) is 5.75 Å². The Labute approximate surface area is 125 Å². The van der Waals surface area contributed by atoms with Gasteiger partial charge in [0.05, 0.1) is 4.99 Å². The first-order chi connectivity index (χ1) is 9.69. The number of nitrogens with two attached hydrogens (primary N) is 1. The van der Waals surface area contributed by atoms with Crippen molar-refractivity contribution >= 4 is 17.2 Å². The number of hydrogen-bond donors (Lipinski definition) is 1. The summed E-state index contributed by atoms with van der Waals surface area (Å²) in [7, 11) is 0. The van der Waals surface area contributed by atoms with Crippen LogP contribution in [0.1, 0.15) is 19.8 Å². The summed E-state index contributed by atoms with van der Waals surface area (Å²) in [5.74, 6) is 0.854. The van der Waals surface area contributed by atoms with E-state index in [1.807, 2.05) is 30.3 Å². The fourth-order valence-electron chi connectivity index (χ4n) is 2.04. The average molecular weight is 285 g/mol. The van der Waals surface area contributed by atoms with Crippen molar-refractivity contribution in [2.45, 2.75) is 25.9 Å². The fraction of sp³-hybridized carbons (Fsp3) is 0.235. The predicted octanol–water partition coefficient (Wildman–Crippen LogP) is 4.19. The van der Waals surface area contributed by atoms with E-state index in [9.17, 15) is 0 Å². The van der Waals surface area contributed by atoms with Crippen LogP contribution in [0.25, 0.3) is 11.1 Å². The quantitative estimate of drug-likeness (QED) is 0.808. The van der Waals surface area contributed by atoms with Gasteiger partial charge < -0.3 is 10.5 Å². The van der Waals surface area contributed by atoms with Crippen molar-refractivity contribution in [3.63, 3.8) is 0 Å². The smallest absolute Gasteiger partial charge is 0.119 e. The van der Waals surface area contributed by atoms with Gasteiger partial charge in [0.2, 0.25) is 0 Å². The van der Waals surface area contributed by atoms with E-state index in [2.05, 4.69) is 31.2 Å². The standard InChI is InChI=1S/C17H19NOS/c1-2-15(12-17(18)20)19-16-10-8-14(9-11-16)13-6-4-3-5-7-13/h3-11,15H,2,12H2,1H3,(H2,18,20). The van der Waals surface area contributed by atoms with Crippen molar-refractivity contribution in [2.75, 3.05) is 0 Å². The Morgan fingerprint density at radius 2 is 1.65 bits per heavy atom. The highest BCUT2D eigenvalue weighted by molar-refractivity contribution is 7.80. The lowest BCUT2D eigenvalue weighted by Gasteiger charge is -2.17. The van der Waals surface area contributed by atoms with E-state index < -0.39 is 0 Å². The van der Waals surface area contributed by atoms with Crippen LogP contribution >= 0.6 is 12.2 Å². The van der Waals surface area contributed by atoms with Gasteiger partial charge in [-0.05, 0) is 29.7 Å². The molecule has 0 spiro atoms. The third-order valence-electron chi connectivity index (χ3n) is 3.15. The molecule has 0 aliphatic heterocycles. The predicted molar refractivity (Wildman–Crippen MR) is 88.0 cm³/mol. The maximum atomic E-state index is 5.90. The van der Waals surface area contributed by atoms with Gasteiger partial charge in [0.1, 0.15) is 11.9 Å². The molecule has 2 N–H and O–H groups in total. The molecule has 0 bridgehead atoms. The van der Waals surface area contributed by atoms with Gasteiger partial charge in [0, 0.05) is 6.42 Å². The summed E-state index contributed by atoms with van der Waals surface area (Å²) >= 11 is 4.94. The van der Waals surface area contributed by atoms with Gasteiger partial charge in [-0.2, -0.15) is 0 Å². The van der Waals surface area contributed by atoms with E-state index in [4.69, 9.17) is 22.7 Å². The van der Waals surface area contributed by atoms with Crippen molar-refractivity contribution in [3.8, 4) is 16.9 Å². The van der Waals surface area contributed by atoms with Crippen molar-refractivity contribution in [3.05, 3.63) is 54.6 Å². The monoisotopic (exact) mass is 285 g/mol. The second kappa shape index (κ2) is 7.06. The minimum Gasteiger partial charge on any atom is -0.490 e. The third kappa shape index (κ3) is 4.07. The summed E-state index contributed by atoms with van der Waals surface area (Å²) in [5, 5.41) is 0. The zero-order valence-corrected chi connectivity index (χ0v) is 12.4. The third-order valence-corrected chi connectivity index (χ3v) is 3.32. The molecular weight excluding hydrogens is 266 g/mol. The Morgan fingerprint density at radius 3 is 2.20 bits per heavy atom. The molecule has 0 fully saturated rings. The van der Waals surface area contributed by atoms with Crippen molar-refractivity contribution < 1.29 is 4.74 Å². The number of thiocarbonyl (C=S) groups is 1. The maximum absolute atomic E-state index is 5.90. The zero-order chi connectivity index (χ0) is 14.4. The Balaban J connectivity index is 2.06. The molecule has 1 atom stereocenters. The van der Waals surface area contributed by atoms with Crippen molar-refractivity contribution in [1.29, 1.82) is 0 Å². The first-order valence-corrected chi connectivity index (χ1v) is 7.20. The Bertz CT molecular complexity index is 551.